The summed E-state index contributed by atoms with van der Waals surface area (Å²) in [6.45, 7) is 0.0722. The molecule has 0 aliphatic rings. The minimum absolute atomic E-state index is 0.0265. The van der Waals surface area contributed by atoms with Crippen molar-refractivity contribution in [2.45, 2.75) is 0 Å². The summed E-state index contributed by atoms with van der Waals surface area (Å²) in [7, 11) is 4.46. The molecule has 0 bridgehead atoms. The highest BCUT2D eigenvalue weighted by atomic mass is 35.5. The summed E-state index contributed by atoms with van der Waals surface area (Å²) < 4.78 is 10.0. The fourth-order valence-electron chi connectivity index (χ4n) is 1.45. The molecule has 0 radical (unpaired) electrons. The van der Waals surface area contributed by atoms with Crippen molar-refractivity contribution in [3.63, 3.8) is 0 Å². The number of halogens is 1. The van der Waals surface area contributed by atoms with Crippen LogP contribution in [0.5, 0.6) is 17.2 Å². The first-order chi connectivity index (χ1) is 8.06. The SMILES string of the molecule is CNCC(=O)c1c(O)cc(OC)c(OC)c1Cl. The predicted octanol–water partition coefficient (Wildman–Crippen LogP) is 1.46. The highest BCUT2D eigenvalue weighted by Gasteiger charge is 2.22. The van der Waals surface area contributed by atoms with E-state index < -0.39 is 0 Å². The lowest BCUT2D eigenvalue weighted by Crippen LogP contribution is -2.19. The Labute approximate surface area is 104 Å². The number of carbonyl (C=O) groups is 1. The number of phenols is 1. The molecule has 2 N–H and O–H groups in total. The number of ether oxygens (including phenoxy) is 2. The average Bonchev–Trinajstić information content (AvgIpc) is 2.28. The molecule has 0 aliphatic carbocycles. The Morgan fingerprint density at radius 3 is 2.59 bits per heavy atom. The first-order valence-corrected chi connectivity index (χ1v) is 5.25. The Kier molecular flexibility index (Phi) is 4.60. The molecule has 5 nitrogen and oxygen atoms in total. The molecule has 0 amide bonds. The van der Waals surface area contributed by atoms with Gasteiger partial charge < -0.3 is 19.9 Å². The zero-order chi connectivity index (χ0) is 13.0. The molecule has 1 aromatic carbocycles. The predicted molar refractivity (Wildman–Crippen MR) is 64.5 cm³/mol. The number of hydrogen-bond acceptors (Lipinski definition) is 5. The van der Waals surface area contributed by atoms with Gasteiger partial charge in [0.15, 0.2) is 17.3 Å². The summed E-state index contributed by atoms with van der Waals surface area (Å²) >= 11 is 6.02. The van der Waals surface area contributed by atoms with Gasteiger partial charge in [-0.1, -0.05) is 11.6 Å². The number of benzene rings is 1. The smallest absolute Gasteiger partial charge is 0.181 e. The third-order valence-electron chi connectivity index (χ3n) is 2.21. The molecule has 0 heterocycles. The molecule has 0 unspecified atom stereocenters. The summed E-state index contributed by atoms with van der Waals surface area (Å²) in [5.74, 6) is -0.0497. The average molecular weight is 260 g/mol. The van der Waals surface area contributed by atoms with E-state index in [0.29, 0.717) is 0 Å². The van der Waals surface area contributed by atoms with Crippen LogP contribution in [0.4, 0.5) is 0 Å². The zero-order valence-corrected chi connectivity index (χ0v) is 10.6. The summed E-state index contributed by atoms with van der Waals surface area (Å²) in [6.07, 6.45) is 0. The fourth-order valence-corrected chi connectivity index (χ4v) is 1.82. The van der Waals surface area contributed by atoms with E-state index in [9.17, 15) is 9.90 Å². The van der Waals surface area contributed by atoms with E-state index in [1.54, 1.807) is 7.05 Å². The molecule has 1 rings (SSSR count). The molecule has 0 aromatic heterocycles. The van der Waals surface area contributed by atoms with Crippen LogP contribution in [0.15, 0.2) is 6.07 Å². The molecule has 1 aromatic rings. The van der Waals surface area contributed by atoms with Gasteiger partial charge in [0.25, 0.3) is 0 Å². The van der Waals surface area contributed by atoms with Crippen LogP contribution >= 0.6 is 11.6 Å². The zero-order valence-electron chi connectivity index (χ0n) is 9.83. The van der Waals surface area contributed by atoms with Gasteiger partial charge >= 0.3 is 0 Å². The maximum Gasteiger partial charge on any atom is 0.181 e. The number of ketones is 1. The second-order valence-corrected chi connectivity index (χ2v) is 3.65. The minimum atomic E-state index is -0.323. The molecule has 94 valence electrons. The van der Waals surface area contributed by atoms with Gasteiger partial charge in [-0.3, -0.25) is 4.79 Å². The number of likely N-dealkylation sites (N-methyl/N-ethyl adjacent to an activating group) is 1. The number of carbonyl (C=O) groups excluding carboxylic acids is 1. The highest BCUT2D eigenvalue weighted by Crippen LogP contribution is 2.42. The van der Waals surface area contributed by atoms with Crippen molar-refractivity contribution in [1.82, 2.24) is 5.32 Å². The minimum Gasteiger partial charge on any atom is -0.507 e. The van der Waals surface area contributed by atoms with Crippen LogP contribution in [0.2, 0.25) is 5.02 Å². The number of hydrogen-bond donors (Lipinski definition) is 2. The Balaban J connectivity index is 3.36. The molecule has 0 atom stereocenters. The third kappa shape index (κ3) is 2.62. The van der Waals surface area contributed by atoms with E-state index in [-0.39, 0.29) is 40.2 Å². The van der Waals surface area contributed by atoms with Crippen molar-refractivity contribution < 1.29 is 19.4 Å². The van der Waals surface area contributed by atoms with Gasteiger partial charge in [-0.05, 0) is 7.05 Å². The Bertz CT molecular complexity index is 434. The van der Waals surface area contributed by atoms with Crippen molar-refractivity contribution in [2.75, 3.05) is 27.8 Å². The van der Waals surface area contributed by atoms with Crippen LogP contribution in [0.1, 0.15) is 10.4 Å². The second-order valence-electron chi connectivity index (χ2n) is 3.27. The van der Waals surface area contributed by atoms with Crippen molar-refractivity contribution in [3.8, 4) is 17.2 Å². The van der Waals surface area contributed by atoms with Gasteiger partial charge in [-0.2, -0.15) is 0 Å². The van der Waals surface area contributed by atoms with E-state index in [4.69, 9.17) is 21.1 Å². The van der Waals surface area contributed by atoms with E-state index in [1.165, 1.54) is 20.3 Å². The summed E-state index contributed by atoms with van der Waals surface area (Å²) in [5, 5.41) is 12.5. The Morgan fingerprint density at radius 1 is 1.47 bits per heavy atom. The number of phenolic OH excluding ortho intramolecular Hbond substituents is 1. The maximum absolute atomic E-state index is 11.8. The Morgan fingerprint density at radius 2 is 2.12 bits per heavy atom. The summed E-state index contributed by atoms with van der Waals surface area (Å²) in [4.78, 5) is 11.8. The monoisotopic (exact) mass is 259 g/mol. The summed E-state index contributed by atoms with van der Waals surface area (Å²) in [5.41, 5.74) is 0.0265. The second kappa shape index (κ2) is 5.75. The number of rotatable bonds is 5. The van der Waals surface area contributed by atoms with E-state index >= 15 is 0 Å². The van der Waals surface area contributed by atoms with Crippen LogP contribution in [0, 0.1) is 0 Å². The van der Waals surface area contributed by atoms with Crippen LogP contribution in [0.3, 0.4) is 0 Å². The third-order valence-corrected chi connectivity index (χ3v) is 2.57. The van der Waals surface area contributed by atoms with Crippen molar-refractivity contribution >= 4 is 17.4 Å². The van der Waals surface area contributed by atoms with Crippen LogP contribution in [-0.2, 0) is 0 Å². The molecule has 0 saturated heterocycles. The lowest BCUT2D eigenvalue weighted by molar-refractivity contribution is 0.0990. The van der Waals surface area contributed by atoms with E-state index in [0.717, 1.165) is 0 Å². The molecular formula is C11H14ClNO4. The molecule has 6 heteroatoms. The molecule has 0 fully saturated rings. The van der Waals surface area contributed by atoms with Crippen LogP contribution in [0.25, 0.3) is 0 Å². The number of aromatic hydroxyl groups is 1. The van der Waals surface area contributed by atoms with Gasteiger partial charge in [-0.25, -0.2) is 0 Å². The summed E-state index contributed by atoms with van der Waals surface area (Å²) in [6, 6.07) is 1.30. The molecule has 17 heavy (non-hydrogen) atoms. The first-order valence-electron chi connectivity index (χ1n) is 4.88. The number of nitrogens with one attached hydrogen (secondary N) is 1. The van der Waals surface area contributed by atoms with E-state index in [1.807, 2.05) is 0 Å². The molecular weight excluding hydrogens is 246 g/mol. The normalized spacial score (nSPS) is 10.1. The number of methoxy groups -OCH3 is 2. The largest absolute Gasteiger partial charge is 0.507 e. The van der Waals surface area contributed by atoms with Crippen molar-refractivity contribution in [3.05, 3.63) is 16.7 Å². The molecule has 0 aliphatic heterocycles. The topological polar surface area (TPSA) is 67.8 Å². The van der Waals surface area contributed by atoms with Gasteiger partial charge in [0.2, 0.25) is 0 Å². The fraction of sp³-hybridized carbons (Fsp3) is 0.364. The lowest BCUT2D eigenvalue weighted by Gasteiger charge is -2.13. The van der Waals surface area contributed by atoms with Crippen molar-refractivity contribution in [1.29, 1.82) is 0 Å². The van der Waals surface area contributed by atoms with Gasteiger partial charge in [0.1, 0.15) is 10.8 Å². The lowest BCUT2D eigenvalue weighted by atomic mass is 10.1. The van der Waals surface area contributed by atoms with Gasteiger partial charge in [0.05, 0.1) is 26.3 Å². The highest BCUT2D eigenvalue weighted by molar-refractivity contribution is 6.36. The molecule has 0 spiro atoms. The number of Topliss-reactive ketones (excluding diaryl/α,β-unsaturated/α-hetero) is 1. The van der Waals surface area contributed by atoms with Gasteiger partial charge in [0, 0.05) is 6.07 Å². The standard InChI is InChI=1S/C11H14ClNO4/c1-13-5-7(15)9-6(14)4-8(16-2)11(17-3)10(9)12/h4,13-14H,5H2,1-3H3. The van der Waals surface area contributed by atoms with Gasteiger partial charge in [-0.15, -0.1) is 0 Å². The quantitative estimate of drug-likeness (QED) is 0.784. The van der Waals surface area contributed by atoms with Crippen LogP contribution < -0.4 is 14.8 Å². The van der Waals surface area contributed by atoms with Crippen molar-refractivity contribution in [2.24, 2.45) is 0 Å². The van der Waals surface area contributed by atoms with Crippen LogP contribution in [-0.4, -0.2) is 38.7 Å². The molecule has 0 saturated carbocycles. The Hall–Kier alpha value is -1.46. The maximum atomic E-state index is 11.8. The van der Waals surface area contributed by atoms with E-state index in [2.05, 4.69) is 5.32 Å². The first kappa shape index (κ1) is 13.6.